The monoisotopic (exact) mass is 317 g/mol. The van der Waals surface area contributed by atoms with Gasteiger partial charge in [-0.3, -0.25) is 9.59 Å². The Labute approximate surface area is 125 Å². The fourth-order valence-corrected chi connectivity index (χ4v) is 2.38. The first-order valence-electron chi connectivity index (χ1n) is 6.37. The van der Waals surface area contributed by atoms with Crippen molar-refractivity contribution in [2.24, 2.45) is 5.92 Å². The summed E-state index contributed by atoms with van der Waals surface area (Å²) in [4.78, 5) is 23.1. The Kier molecular flexibility index (Phi) is 6.61. The first kappa shape index (κ1) is 17.4. The minimum Gasteiger partial charge on any atom is -0.481 e. The van der Waals surface area contributed by atoms with Crippen molar-refractivity contribution < 1.29 is 23.5 Å². The molecule has 116 valence electrons. The summed E-state index contributed by atoms with van der Waals surface area (Å²) in [5.74, 6) is -4.28. The lowest BCUT2D eigenvalue weighted by atomic mass is 10.0. The number of hydrogen-bond donors (Lipinski definition) is 2. The molecule has 1 aromatic carbocycles. The van der Waals surface area contributed by atoms with Crippen LogP contribution < -0.4 is 5.32 Å². The van der Waals surface area contributed by atoms with Crippen LogP contribution in [0.5, 0.6) is 0 Å². The second-order valence-corrected chi connectivity index (χ2v) is 5.83. The normalized spacial score (nSPS) is 12.5. The van der Waals surface area contributed by atoms with Crippen molar-refractivity contribution in [1.29, 1.82) is 0 Å². The average Bonchev–Trinajstić information content (AvgIpc) is 2.37. The third kappa shape index (κ3) is 5.71. The third-order valence-corrected chi connectivity index (χ3v) is 3.65. The molecule has 0 saturated carbocycles. The van der Waals surface area contributed by atoms with Crippen molar-refractivity contribution in [3.8, 4) is 0 Å². The molecule has 1 amide bonds. The number of halogens is 2. The van der Waals surface area contributed by atoms with Crippen LogP contribution in [0.25, 0.3) is 0 Å². The molecule has 0 spiro atoms. The van der Waals surface area contributed by atoms with Crippen LogP contribution in [0.1, 0.15) is 30.6 Å². The van der Waals surface area contributed by atoms with Gasteiger partial charge in [-0.2, -0.15) is 8.78 Å². The second kappa shape index (κ2) is 7.97. The zero-order chi connectivity index (χ0) is 16.0. The highest BCUT2D eigenvalue weighted by molar-refractivity contribution is 7.99. The van der Waals surface area contributed by atoms with E-state index in [1.54, 1.807) is 26.0 Å². The summed E-state index contributed by atoms with van der Waals surface area (Å²) in [6, 6.07) is 5.47. The summed E-state index contributed by atoms with van der Waals surface area (Å²) in [6.45, 7) is 3.57. The maximum Gasteiger partial charge on any atom is 0.305 e. The Hall–Kier alpha value is -1.63. The number of amides is 1. The van der Waals surface area contributed by atoms with E-state index in [2.05, 4.69) is 5.32 Å². The predicted octanol–water partition coefficient (Wildman–Crippen LogP) is 3.23. The van der Waals surface area contributed by atoms with Crippen LogP contribution in [0.15, 0.2) is 29.2 Å². The highest BCUT2D eigenvalue weighted by atomic mass is 32.2. The molecular weight excluding hydrogens is 300 g/mol. The number of alkyl halides is 2. The number of aliphatic carboxylic acids is 1. The molecule has 21 heavy (non-hydrogen) atoms. The van der Waals surface area contributed by atoms with Gasteiger partial charge in [-0.15, -0.1) is 0 Å². The first-order valence-corrected chi connectivity index (χ1v) is 7.25. The maximum absolute atomic E-state index is 12.5. The van der Waals surface area contributed by atoms with Crippen LogP contribution in [0, 0.1) is 5.92 Å². The van der Waals surface area contributed by atoms with Gasteiger partial charge < -0.3 is 10.4 Å². The van der Waals surface area contributed by atoms with E-state index in [0.29, 0.717) is 11.8 Å². The molecule has 1 unspecified atom stereocenters. The number of carboxylic acids is 1. The molecule has 0 radical (unpaired) electrons. The highest BCUT2D eigenvalue weighted by Gasteiger charge is 2.22. The van der Waals surface area contributed by atoms with Gasteiger partial charge in [-0.1, -0.05) is 37.7 Å². The second-order valence-electron chi connectivity index (χ2n) is 4.80. The molecular formula is C14H17F2NO3S. The number of rotatable bonds is 7. The van der Waals surface area contributed by atoms with Crippen molar-refractivity contribution in [3.63, 3.8) is 0 Å². The molecule has 0 saturated heterocycles. The molecule has 1 atom stereocenters. The lowest BCUT2D eigenvalue weighted by Crippen LogP contribution is -2.40. The van der Waals surface area contributed by atoms with Crippen LogP contribution in [0.3, 0.4) is 0 Å². The molecule has 0 aliphatic rings. The topological polar surface area (TPSA) is 66.4 Å². The number of nitrogens with one attached hydrogen (secondary N) is 1. The van der Waals surface area contributed by atoms with Crippen LogP contribution in [-0.4, -0.2) is 28.8 Å². The van der Waals surface area contributed by atoms with E-state index in [0.717, 1.165) is 0 Å². The Morgan fingerprint density at radius 3 is 2.43 bits per heavy atom. The van der Waals surface area contributed by atoms with Gasteiger partial charge >= 0.3 is 5.97 Å². The van der Waals surface area contributed by atoms with Gasteiger partial charge in [0.25, 0.3) is 11.7 Å². The number of thioether (sulfide) groups is 1. The lowest BCUT2D eigenvalue weighted by molar-refractivity contribution is -0.137. The van der Waals surface area contributed by atoms with Crippen LogP contribution in [0.2, 0.25) is 0 Å². The van der Waals surface area contributed by atoms with Crippen molar-refractivity contribution >= 4 is 23.6 Å². The van der Waals surface area contributed by atoms with E-state index in [1.165, 1.54) is 12.1 Å². The summed E-state index contributed by atoms with van der Waals surface area (Å²) in [7, 11) is 0. The maximum atomic E-state index is 12.5. The highest BCUT2D eigenvalue weighted by Crippen LogP contribution is 2.28. The summed E-state index contributed by atoms with van der Waals surface area (Å²) in [5.41, 5.74) is 0.124. The molecule has 0 bridgehead atoms. The van der Waals surface area contributed by atoms with Gasteiger partial charge in [0, 0.05) is 10.9 Å². The summed E-state index contributed by atoms with van der Waals surface area (Å²) < 4.78 is 25.0. The van der Waals surface area contributed by atoms with Crippen molar-refractivity contribution in [2.75, 3.05) is 0 Å². The molecule has 0 aliphatic heterocycles. The zero-order valence-corrected chi connectivity index (χ0v) is 12.5. The fraction of sp³-hybridized carbons (Fsp3) is 0.429. The molecule has 0 fully saturated rings. The van der Waals surface area contributed by atoms with Crippen LogP contribution in [-0.2, 0) is 4.79 Å². The quantitative estimate of drug-likeness (QED) is 0.758. The molecule has 2 N–H and O–H groups in total. The van der Waals surface area contributed by atoms with Crippen LogP contribution >= 0.6 is 11.8 Å². The molecule has 1 rings (SSSR count). The van der Waals surface area contributed by atoms with Crippen LogP contribution in [0.4, 0.5) is 8.78 Å². The largest absolute Gasteiger partial charge is 0.481 e. The number of hydrogen-bond acceptors (Lipinski definition) is 3. The van der Waals surface area contributed by atoms with E-state index in [-0.39, 0.29) is 22.8 Å². The molecule has 0 aromatic heterocycles. The van der Waals surface area contributed by atoms with Gasteiger partial charge in [-0.25, -0.2) is 0 Å². The molecule has 0 aliphatic carbocycles. The number of carboxylic acid groups (broad SMARTS) is 1. The van der Waals surface area contributed by atoms with Crippen molar-refractivity contribution in [3.05, 3.63) is 29.8 Å². The van der Waals surface area contributed by atoms with E-state index < -0.39 is 23.7 Å². The molecule has 4 nitrogen and oxygen atoms in total. The SMILES string of the molecule is CC(C)C(CC(=O)O)NC(=O)c1ccccc1SC(F)F. The van der Waals surface area contributed by atoms with E-state index in [9.17, 15) is 18.4 Å². The summed E-state index contributed by atoms with van der Waals surface area (Å²) >= 11 is 0.292. The van der Waals surface area contributed by atoms with Gasteiger partial charge in [0.1, 0.15) is 0 Å². The van der Waals surface area contributed by atoms with Gasteiger partial charge in [0.15, 0.2) is 0 Å². The van der Waals surface area contributed by atoms with E-state index >= 15 is 0 Å². The Balaban J connectivity index is 2.89. The smallest absolute Gasteiger partial charge is 0.305 e. The minimum atomic E-state index is -2.63. The lowest BCUT2D eigenvalue weighted by Gasteiger charge is -2.21. The Morgan fingerprint density at radius 2 is 1.90 bits per heavy atom. The minimum absolute atomic E-state index is 0.0834. The summed E-state index contributed by atoms with van der Waals surface area (Å²) in [6.07, 6.45) is -0.215. The molecule has 1 aromatic rings. The predicted molar refractivity (Wildman–Crippen MR) is 76.6 cm³/mol. The van der Waals surface area contributed by atoms with Gasteiger partial charge in [-0.05, 0) is 18.1 Å². The fourth-order valence-electron chi connectivity index (χ4n) is 1.74. The van der Waals surface area contributed by atoms with Crippen molar-refractivity contribution in [1.82, 2.24) is 5.32 Å². The molecule has 0 heterocycles. The number of carbonyl (C=O) groups is 2. The Bertz CT molecular complexity index is 509. The van der Waals surface area contributed by atoms with E-state index in [1.807, 2.05) is 0 Å². The average molecular weight is 317 g/mol. The number of carbonyl (C=O) groups excluding carboxylic acids is 1. The van der Waals surface area contributed by atoms with Crippen molar-refractivity contribution in [2.45, 2.75) is 37.0 Å². The van der Waals surface area contributed by atoms with Gasteiger partial charge in [0.2, 0.25) is 0 Å². The van der Waals surface area contributed by atoms with Gasteiger partial charge in [0.05, 0.1) is 12.0 Å². The molecule has 7 heteroatoms. The standard InChI is InChI=1S/C14H17F2NO3S/c1-8(2)10(7-12(18)19)17-13(20)9-5-3-4-6-11(9)21-14(15)16/h3-6,8,10,14H,7H2,1-2H3,(H,17,20)(H,18,19). The third-order valence-electron chi connectivity index (χ3n) is 2.86. The number of benzene rings is 1. The summed E-state index contributed by atoms with van der Waals surface area (Å²) in [5, 5.41) is 11.4. The first-order chi connectivity index (χ1) is 9.81. The zero-order valence-electron chi connectivity index (χ0n) is 11.7. The van der Waals surface area contributed by atoms with E-state index in [4.69, 9.17) is 5.11 Å². The Morgan fingerprint density at radius 1 is 1.29 bits per heavy atom.